The molecule has 1 aliphatic heterocycles. The van der Waals surface area contributed by atoms with Crippen molar-refractivity contribution in [2.24, 2.45) is 0 Å². The van der Waals surface area contributed by atoms with Crippen LogP contribution < -0.4 is 14.2 Å². The Balaban J connectivity index is 2.22. The first-order valence-electron chi connectivity index (χ1n) is 5.35. The number of rotatable bonds is 4. The highest BCUT2D eigenvalue weighted by Gasteiger charge is 2.17. The zero-order chi connectivity index (χ0) is 11.5. The average Bonchev–Trinajstić information content (AvgIpc) is 2.71. The molecule has 0 saturated heterocycles. The van der Waals surface area contributed by atoms with Crippen molar-refractivity contribution in [3.8, 4) is 17.2 Å². The highest BCUT2D eigenvalue weighted by molar-refractivity contribution is 5.51. The van der Waals surface area contributed by atoms with Gasteiger partial charge in [0.05, 0.1) is 13.2 Å². The first-order valence-corrected chi connectivity index (χ1v) is 5.35. The van der Waals surface area contributed by atoms with E-state index in [9.17, 15) is 5.11 Å². The molecule has 88 valence electrons. The third-order valence-corrected chi connectivity index (χ3v) is 2.61. The molecule has 0 saturated carbocycles. The van der Waals surface area contributed by atoms with Crippen LogP contribution in [0.3, 0.4) is 0 Å². The summed E-state index contributed by atoms with van der Waals surface area (Å²) in [7, 11) is 1.63. The van der Waals surface area contributed by atoms with Crippen molar-refractivity contribution >= 4 is 0 Å². The summed E-state index contributed by atoms with van der Waals surface area (Å²) in [5, 5.41) is 9.27. The number of methoxy groups -OCH3 is 1. The second-order valence-electron chi connectivity index (χ2n) is 3.91. The van der Waals surface area contributed by atoms with E-state index in [1.165, 1.54) is 0 Å². The van der Waals surface area contributed by atoms with Crippen LogP contribution in [0.2, 0.25) is 0 Å². The molecule has 0 amide bonds. The lowest BCUT2D eigenvalue weighted by molar-refractivity contribution is 0.173. The third-order valence-electron chi connectivity index (χ3n) is 2.61. The molecule has 1 aliphatic rings. The maximum atomic E-state index is 9.27. The van der Waals surface area contributed by atoms with Gasteiger partial charge in [0.15, 0.2) is 11.5 Å². The number of hydrogen-bond acceptors (Lipinski definition) is 4. The number of aliphatic hydroxyl groups excluding tert-OH is 1. The van der Waals surface area contributed by atoms with Crippen molar-refractivity contribution in [3.63, 3.8) is 0 Å². The maximum Gasteiger partial charge on any atom is 0.231 e. The second-order valence-corrected chi connectivity index (χ2v) is 3.91. The summed E-state index contributed by atoms with van der Waals surface area (Å²) in [5.74, 6) is 2.25. The van der Waals surface area contributed by atoms with Gasteiger partial charge in [-0.1, -0.05) is 0 Å². The van der Waals surface area contributed by atoms with Gasteiger partial charge in [-0.15, -0.1) is 0 Å². The van der Waals surface area contributed by atoms with E-state index in [-0.39, 0.29) is 12.9 Å². The van der Waals surface area contributed by atoms with Gasteiger partial charge >= 0.3 is 0 Å². The van der Waals surface area contributed by atoms with Gasteiger partial charge in [-0.05, 0) is 31.4 Å². The molecule has 0 aliphatic carbocycles. The Labute approximate surface area is 94.8 Å². The molecule has 0 bridgehead atoms. The fourth-order valence-electron chi connectivity index (χ4n) is 1.72. The smallest absolute Gasteiger partial charge is 0.231 e. The zero-order valence-corrected chi connectivity index (χ0v) is 9.53. The van der Waals surface area contributed by atoms with Crippen LogP contribution >= 0.6 is 0 Å². The summed E-state index contributed by atoms with van der Waals surface area (Å²) in [6.45, 7) is 2.04. The lowest BCUT2D eigenvalue weighted by atomic mass is 10.1. The Morgan fingerprint density at radius 1 is 1.38 bits per heavy atom. The largest absolute Gasteiger partial charge is 0.496 e. The number of ether oxygens (including phenoxy) is 3. The molecule has 0 radical (unpaired) electrons. The van der Waals surface area contributed by atoms with Crippen LogP contribution in [-0.4, -0.2) is 25.1 Å². The molecule has 0 spiro atoms. The van der Waals surface area contributed by atoms with Gasteiger partial charge in [-0.3, -0.25) is 0 Å². The molecular formula is C12H16O4. The van der Waals surface area contributed by atoms with Crippen molar-refractivity contribution in [1.29, 1.82) is 0 Å². The van der Waals surface area contributed by atoms with Gasteiger partial charge in [0.25, 0.3) is 0 Å². The van der Waals surface area contributed by atoms with Crippen LogP contribution in [0.1, 0.15) is 18.9 Å². The highest BCUT2D eigenvalue weighted by Crippen LogP contribution is 2.38. The van der Waals surface area contributed by atoms with Gasteiger partial charge in [-0.25, -0.2) is 0 Å². The Morgan fingerprint density at radius 3 is 2.69 bits per heavy atom. The summed E-state index contributed by atoms with van der Waals surface area (Å²) < 4.78 is 15.9. The molecule has 0 aromatic heterocycles. The Morgan fingerprint density at radius 2 is 2.06 bits per heavy atom. The van der Waals surface area contributed by atoms with E-state index in [1.807, 2.05) is 12.1 Å². The SMILES string of the molecule is COc1cc2c(cc1CC[C@@H](C)O)OCO2. The lowest BCUT2D eigenvalue weighted by Gasteiger charge is -2.10. The van der Waals surface area contributed by atoms with Crippen molar-refractivity contribution in [2.45, 2.75) is 25.9 Å². The standard InChI is InChI=1S/C12H16O4/c1-8(13)3-4-9-5-11-12(16-7-15-11)6-10(9)14-2/h5-6,8,13H,3-4,7H2,1-2H3/t8-/m1/s1. The van der Waals surface area contributed by atoms with E-state index in [2.05, 4.69) is 0 Å². The topological polar surface area (TPSA) is 47.9 Å². The molecular weight excluding hydrogens is 208 g/mol. The Hall–Kier alpha value is -1.42. The monoisotopic (exact) mass is 224 g/mol. The van der Waals surface area contributed by atoms with Crippen LogP contribution in [0.5, 0.6) is 17.2 Å². The Bertz CT molecular complexity index is 374. The van der Waals surface area contributed by atoms with Gasteiger partial charge in [-0.2, -0.15) is 0 Å². The molecule has 4 nitrogen and oxygen atoms in total. The molecule has 1 aromatic carbocycles. The molecule has 2 rings (SSSR count). The van der Waals surface area contributed by atoms with Gasteiger partial charge in [0, 0.05) is 6.07 Å². The van der Waals surface area contributed by atoms with Gasteiger partial charge < -0.3 is 19.3 Å². The van der Waals surface area contributed by atoms with Crippen LogP contribution in [-0.2, 0) is 6.42 Å². The molecule has 1 atom stereocenters. The summed E-state index contributed by atoms with van der Waals surface area (Å²) in [6.07, 6.45) is 1.16. The van der Waals surface area contributed by atoms with Gasteiger partial charge in [0.1, 0.15) is 5.75 Å². The maximum absolute atomic E-state index is 9.27. The second kappa shape index (κ2) is 4.61. The van der Waals surface area contributed by atoms with Crippen molar-refractivity contribution < 1.29 is 19.3 Å². The molecule has 4 heteroatoms. The first kappa shape index (κ1) is 11.1. The van der Waals surface area contributed by atoms with Crippen LogP contribution in [0.4, 0.5) is 0 Å². The quantitative estimate of drug-likeness (QED) is 0.846. The fraction of sp³-hybridized carbons (Fsp3) is 0.500. The summed E-state index contributed by atoms with van der Waals surface area (Å²) in [4.78, 5) is 0. The average molecular weight is 224 g/mol. The van der Waals surface area contributed by atoms with E-state index in [4.69, 9.17) is 14.2 Å². The third kappa shape index (κ3) is 2.22. The number of hydrogen-bond donors (Lipinski definition) is 1. The Kier molecular flexibility index (Phi) is 3.19. The molecule has 16 heavy (non-hydrogen) atoms. The summed E-state index contributed by atoms with van der Waals surface area (Å²) >= 11 is 0. The van der Waals surface area contributed by atoms with E-state index >= 15 is 0 Å². The van der Waals surface area contributed by atoms with Crippen LogP contribution in [0.25, 0.3) is 0 Å². The molecule has 1 aromatic rings. The predicted octanol–water partition coefficient (Wildman–Crippen LogP) is 1.74. The number of benzene rings is 1. The van der Waals surface area contributed by atoms with E-state index in [0.717, 1.165) is 29.2 Å². The molecule has 0 fully saturated rings. The lowest BCUT2D eigenvalue weighted by Crippen LogP contribution is -2.02. The van der Waals surface area contributed by atoms with Crippen molar-refractivity contribution in [2.75, 3.05) is 13.9 Å². The molecule has 0 unspecified atom stereocenters. The first-order chi connectivity index (χ1) is 7.70. The summed E-state index contributed by atoms with van der Waals surface area (Å²) in [5.41, 5.74) is 1.03. The van der Waals surface area contributed by atoms with E-state index < -0.39 is 0 Å². The fourth-order valence-corrected chi connectivity index (χ4v) is 1.72. The predicted molar refractivity (Wildman–Crippen MR) is 59.1 cm³/mol. The van der Waals surface area contributed by atoms with E-state index in [1.54, 1.807) is 14.0 Å². The minimum Gasteiger partial charge on any atom is -0.496 e. The molecule has 1 N–H and O–H groups in total. The minimum absolute atomic E-state index is 0.262. The number of aryl methyl sites for hydroxylation is 1. The van der Waals surface area contributed by atoms with Crippen molar-refractivity contribution in [3.05, 3.63) is 17.7 Å². The summed E-state index contributed by atoms with van der Waals surface area (Å²) in [6, 6.07) is 3.75. The number of aliphatic hydroxyl groups is 1. The van der Waals surface area contributed by atoms with Crippen LogP contribution in [0, 0.1) is 0 Å². The van der Waals surface area contributed by atoms with Gasteiger partial charge in [0.2, 0.25) is 6.79 Å². The zero-order valence-electron chi connectivity index (χ0n) is 9.53. The van der Waals surface area contributed by atoms with Crippen LogP contribution in [0.15, 0.2) is 12.1 Å². The highest BCUT2D eigenvalue weighted by atomic mass is 16.7. The molecule has 1 heterocycles. The normalized spacial score (nSPS) is 14.9. The van der Waals surface area contributed by atoms with E-state index in [0.29, 0.717) is 6.42 Å². The number of fused-ring (bicyclic) bond motifs is 1. The van der Waals surface area contributed by atoms with Crippen molar-refractivity contribution in [1.82, 2.24) is 0 Å². The minimum atomic E-state index is -0.310.